The van der Waals surface area contributed by atoms with Crippen molar-refractivity contribution < 1.29 is 19.4 Å². The van der Waals surface area contributed by atoms with E-state index in [1.807, 2.05) is 0 Å². The lowest BCUT2D eigenvalue weighted by Gasteiger charge is -2.34. The van der Waals surface area contributed by atoms with Crippen LogP contribution in [-0.2, 0) is 0 Å². The highest BCUT2D eigenvalue weighted by atomic mass is 16.5. The van der Waals surface area contributed by atoms with E-state index in [1.54, 1.807) is 30.1 Å². The largest absolute Gasteiger partial charge is 0.496 e. The lowest BCUT2D eigenvalue weighted by molar-refractivity contribution is 0.0263. The number of aliphatic hydroxyl groups is 1. The van der Waals surface area contributed by atoms with Gasteiger partial charge in [0.15, 0.2) is 0 Å². The predicted octanol–water partition coefficient (Wildman–Crippen LogP) is 1.55. The molecule has 1 amide bonds. The minimum Gasteiger partial charge on any atom is -0.496 e. The number of rotatable bonds is 5. The molecule has 0 heterocycles. The van der Waals surface area contributed by atoms with Gasteiger partial charge in [0.1, 0.15) is 17.1 Å². The summed E-state index contributed by atoms with van der Waals surface area (Å²) in [4.78, 5) is 14.2. The van der Waals surface area contributed by atoms with E-state index in [0.29, 0.717) is 29.5 Å². The molecule has 5 nitrogen and oxygen atoms in total. The number of carbonyl (C=O) groups is 1. The van der Waals surface area contributed by atoms with Crippen LogP contribution in [0.5, 0.6) is 11.5 Å². The van der Waals surface area contributed by atoms with Crippen molar-refractivity contribution in [2.45, 2.75) is 18.9 Å². The standard InChI is InChI=1S/C15H21NO4/c1-16(9-10-7-11(17)8-10)15(18)14-12(19-2)5-4-6-13(14)20-3/h4-6,10-11,17H,7-9H2,1-3H3. The van der Waals surface area contributed by atoms with Crippen LogP contribution in [0.1, 0.15) is 23.2 Å². The fourth-order valence-electron chi connectivity index (χ4n) is 2.57. The Kier molecular flexibility index (Phi) is 4.49. The van der Waals surface area contributed by atoms with Crippen LogP contribution >= 0.6 is 0 Å². The van der Waals surface area contributed by atoms with Crippen molar-refractivity contribution >= 4 is 5.91 Å². The topological polar surface area (TPSA) is 59.0 Å². The van der Waals surface area contributed by atoms with Crippen LogP contribution in [0.4, 0.5) is 0 Å². The molecule has 1 aromatic rings. The van der Waals surface area contributed by atoms with Gasteiger partial charge in [-0.15, -0.1) is 0 Å². The molecule has 2 rings (SSSR count). The second-order valence-electron chi connectivity index (χ2n) is 5.21. The Morgan fingerprint density at radius 3 is 2.30 bits per heavy atom. The number of amides is 1. The third-order valence-electron chi connectivity index (χ3n) is 3.73. The van der Waals surface area contributed by atoms with E-state index in [1.165, 1.54) is 14.2 Å². The van der Waals surface area contributed by atoms with E-state index < -0.39 is 0 Å². The lowest BCUT2D eigenvalue weighted by Crippen LogP contribution is -2.39. The Balaban J connectivity index is 2.15. The summed E-state index contributed by atoms with van der Waals surface area (Å²) in [6.45, 7) is 0.636. The average molecular weight is 279 g/mol. The number of methoxy groups -OCH3 is 2. The Bertz CT molecular complexity index is 461. The molecule has 0 spiro atoms. The molecule has 1 N–H and O–H groups in total. The zero-order chi connectivity index (χ0) is 14.7. The van der Waals surface area contributed by atoms with Gasteiger partial charge in [-0.2, -0.15) is 0 Å². The number of ether oxygens (including phenoxy) is 2. The molecular weight excluding hydrogens is 258 g/mol. The van der Waals surface area contributed by atoms with Crippen molar-refractivity contribution in [2.75, 3.05) is 27.8 Å². The summed E-state index contributed by atoms with van der Waals surface area (Å²) in [6, 6.07) is 5.28. The molecule has 0 aliphatic heterocycles. The molecular formula is C15H21NO4. The number of hydrogen-bond acceptors (Lipinski definition) is 4. The molecule has 1 saturated carbocycles. The molecule has 5 heteroatoms. The number of aliphatic hydroxyl groups excluding tert-OH is 1. The van der Waals surface area contributed by atoms with Crippen molar-refractivity contribution in [3.63, 3.8) is 0 Å². The van der Waals surface area contributed by atoms with Gasteiger partial charge in [0.2, 0.25) is 0 Å². The van der Waals surface area contributed by atoms with Gasteiger partial charge in [-0.25, -0.2) is 0 Å². The number of nitrogens with zero attached hydrogens (tertiary/aromatic N) is 1. The van der Waals surface area contributed by atoms with Crippen LogP contribution < -0.4 is 9.47 Å². The first-order chi connectivity index (χ1) is 9.56. The second-order valence-corrected chi connectivity index (χ2v) is 5.21. The summed E-state index contributed by atoms with van der Waals surface area (Å²) in [5.74, 6) is 1.27. The maximum absolute atomic E-state index is 12.6. The summed E-state index contributed by atoms with van der Waals surface area (Å²) in [5.41, 5.74) is 0.444. The van der Waals surface area contributed by atoms with Gasteiger partial charge >= 0.3 is 0 Å². The van der Waals surface area contributed by atoms with Crippen molar-refractivity contribution in [2.24, 2.45) is 5.92 Å². The summed E-state index contributed by atoms with van der Waals surface area (Å²) in [5, 5.41) is 9.31. The molecule has 1 aliphatic rings. The van der Waals surface area contributed by atoms with Crippen molar-refractivity contribution in [1.29, 1.82) is 0 Å². The zero-order valence-corrected chi connectivity index (χ0v) is 12.1. The van der Waals surface area contributed by atoms with Gasteiger partial charge in [0, 0.05) is 13.6 Å². The molecule has 110 valence electrons. The molecule has 0 radical (unpaired) electrons. The quantitative estimate of drug-likeness (QED) is 0.888. The Hall–Kier alpha value is -1.75. The van der Waals surface area contributed by atoms with E-state index in [4.69, 9.17) is 9.47 Å². The monoisotopic (exact) mass is 279 g/mol. The van der Waals surface area contributed by atoms with Gasteiger partial charge in [0.25, 0.3) is 5.91 Å². The molecule has 0 atom stereocenters. The Labute approximate surface area is 119 Å². The summed E-state index contributed by atoms with van der Waals surface area (Å²) in [7, 11) is 4.83. The van der Waals surface area contributed by atoms with Gasteiger partial charge in [-0.05, 0) is 30.9 Å². The van der Waals surface area contributed by atoms with E-state index in [0.717, 1.165) is 12.8 Å². The van der Waals surface area contributed by atoms with Crippen molar-refractivity contribution in [3.8, 4) is 11.5 Å². The highest BCUT2D eigenvalue weighted by Crippen LogP contribution is 2.31. The lowest BCUT2D eigenvalue weighted by atomic mass is 9.82. The minimum atomic E-state index is -0.204. The van der Waals surface area contributed by atoms with Crippen LogP contribution in [0.15, 0.2) is 18.2 Å². The van der Waals surface area contributed by atoms with Crippen LogP contribution in [0.25, 0.3) is 0 Å². The predicted molar refractivity (Wildman–Crippen MR) is 75.2 cm³/mol. The summed E-state index contributed by atoms with van der Waals surface area (Å²) in [6.07, 6.45) is 1.32. The number of benzene rings is 1. The summed E-state index contributed by atoms with van der Waals surface area (Å²) < 4.78 is 10.5. The maximum Gasteiger partial charge on any atom is 0.261 e. The van der Waals surface area contributed by atoms with E-state index in [-0.39, 0.29) is 12.0 Å². The second kappa shape index (κ2) is 6.13. The Morgan fingerprint density at radius 2 is 1.85 bits per heavy atom. The smallest absolute Gasteiger partial charge is 0.261 e. The highest BCUT2D eigenvalue weighted by molar-refractivity contribution is 5.99. The number of carbonyl (C=O) groups excluding carboxylic acids is 1. The number of hydrogen-bond donors (Lipinski definition) is 1. The minimum absolute atomic E-state index is 0.124. The first kappa shape index (κ1) is 14.7. The third kappa shape index (κ3) is 2.88. The van der Waals surface area contributed by atoms with E-state index >= 15 is 0 Å². The normalized spacial score (nSPS) is 21.0. The zero-order valence-electron chi connectivity index (χ0n) is 12.1. The fraction of sp³-hybridized carbons (Fsp3) is 0.533. The van der Waals surface area contributed by atoms with Crippen LogP contribution in [-0.4, -0.2) is 49.8 Å². The maximum atomic E-state index is 12.6. The molecule has 0 unspecified atom stereocenters. The van der Waals surface area contributed by atoms with Crippen LogP contribution in [0, 0.1) is 5.92 Å². The highest BCUT2D eigenvalue weighted by Gasteiger charge is 2.30. The van der Waals surface area contributed by atoms with Crippen LogP contribution in [0.3, 0.4) is 0 Å². The molecule has 0 bridgehead atoms. The third-order valence-corrected chi connectivity index (χ3v) is 3.73. The van der Waals surface area contributed by atoms with E-state index in [2.05, 4.69) is 0 Å². The SMILES string of the molecule is COc1cccc(OC)c1C(=O)N(C)CC1CC(O)C1. The van der Waals surface area contributed by atoms with Crippen molar-refractivity contribution in [1.82, 2.24) is 4.90 Å². The first-order valence-corrected chi connectivity index (χ1v) is 6.71. The first-order valence-electron chi connectivity index (χ1n) is 6.71. The van der Waals surface area contributed by atoms with Crippen molar-refractivity contribution in [3.05, 3.63) is 23.8 Å². The summed E-state index contributed by atoms with van der Waals surface area (Å²) >= 11 is 0. The van der Waals surface area contributed by atoms with Gasteiger partial charge < -0.3 is 19.5 Å². The average Bonchev–Trinajstić information content (AvgIpc) is 2.43. The molecule has 1 fully saturated rings. The van der Waals surface area contributed by atoms with Gasteiger partial charge in [-0.3, -0.25) is 4.79 Å². The van der Waals surface area contributed by atoms with Crippen LogP contribution in [0.2, 0.25) is 0 Å². The molecule has 20 heavy (non-hydrogen) atoms. The molecule has 0 saturated heterocycles. The van der Waals surface area contributed by atoms with Gasteiger partial charge in [-0.1, -0.05) is 6.07 Å². The molecule has 0 aromatic heterocycles. The molecule has 1 aromatic carbocycles. The Morgan fingerprint density at radius 1 is 1.30 bits per heavy atom. The fourth-order valence-corrected chi connectivity index (χ4v) is 2.57. The molecule has 1 aliphatic carbocycles. The van der Waals surface area contributed by atoms with E-state index in [9.17, 15) is 9.90 Å². The van der Waals surface area contributed by atoms with Gasteiger partial charge in [0.05, 0.1) is 20.3 Å².